The number of hydrogen-bond acceptors (Lipinski definition) is 3. The molecule has 27 heavy (non-hydrogen) atoms. The zero-order valence-corrected chi connectivity index (χ0v) is 15.0. The fraction of sp³-hybridized carbons (Fsp3) is 0.273. The summed E-state index contributed by atoms with van der Waals surface area (Å²) >= 11 is 0. The first-order valence-electron chi connectivity index (χ1n) is 9.40. The Hall–Kier alpha value is -2.92. The minimum Gasteiger partial charge on any atom is -0.333 e. The van der Waals surface area contributed by atoms with Crippen LogP contribution in [0.4, 0.5) is 0 Å². The summed E-state index contributed by atoms with van der Waals surface area (Å²) in [7, 11) is 0. The lowest BCUT2D eigenvalue weighted by Gasteiger charge is -2.34. The smallest absolute Gasteiger partial charge is 0.255 e. The van der Waals surface area contributed by atoms with Gasteiger partial charge in [-0.3, -0.25) is 14.5 Å². The van der Waals surface area contributed by atoms with Crippen LogP contribution in [0.1, 0.15) is 22.3 Å². The molecule has 0 saturated carbocycles. The summed E-state index contributed by atoms with van der Waals surface area (Å²) in [6.07, 6.45) is 1.01. The highest BCUT2D eigenvalue weighted by Crippen LogP contribution is 2.33. The molecule has 1 amide bonds. The van der Waals surface area contributed by atoms with Crippen molar-refractivity contribution in [2.75, 3.05) is 13.1 Å². The zero-order chi connectivity index (χ0) is 18.4. The summed E-state index contributed by atoms with van der Waals surface area (Å²) in [5, 5.41) is 0.811. The summed E-state index contributed by atoms with van der Waals surface area (Å²) in [5.41, 5.74) is 2.30. The highest BCUT2D eigenvalue weighted by molar-refractivity contribution is 6.06. The highest BCUT2D eigenvalue weighted by Gasteiger charge is 2.45. The molecule has 1 aromatic heterocycles. The van der Waals surface area contributed by atoms with Crippen LogP contribution in [0.3, 0.4) is 0 Å². The van der Waals surface area contributed by atoms with E-state index in [0.717, 1.165) is 31.4 Å². The molecule has 136 valence electrons. The minimum atomic E-state index is -0.230. The molecule has 5 rings (SSSR count). The Bertz CT molecular complexity index is 1060. The molecule has 0 radical (unpaired) electrons. The van der Waals surface area contributed by atoms with Gasteiger partial charge in [0.1, 0.15) is 0 Å². The maximum atomic E-state index is 13.2. The number of amides is 1. The lowest BCUT2D eigenvalue weighted by molar-refractivity contribution is 0.0618. The van der Waals surface area contributed by atoms with E-state index in [0.29, 0.717) is 17.1 Å². The summed E-state index contributed by atoms with van der Waals surface area (Å²) in [4.78, 5) is 32.5. The molecule has 2 aliphatic heterocycles. The van der Waals surface area contributed by atoms with Gasteiger partial charge in [-0.15, -0.1) is 0 Å². The predicted octanol–water partition coefficient (Wildman–Crippen LogP) is 2.63. The van der Waals surface area contributed by atoms with E-state index in [1.807, 2.05) is 35.2 Å². The molecule has 2 atom stereocenters. The number of aromatic amines is 1. The molecule has 0 unspecified atom stereocenters. The van der Waals surface area contributed by atoms with Crippen molar-refractivity contribution in [1.29, 1.82) is 0 Å². The van der Waals surface area contributed by atoms with Gasteiger partial charge in [0.05, 0.1) is 5.56 Å². The number of para-hydroxylation sites is 1. The van der Waals surface area contributed by atoms with Crippen molar-refractivity contribution in [3.8, 4) is 0 Å². The Labute approximate surface area is 157 Å². The molecule has 0 spiro atoms. The summed E-state index contributed by atoms with van der Waals surface area (Å²) < 4.78 is 0. The number of carbonyl (C=O) groups is 1. The second-order valence-electron chi connectivity index (χ2n) is 7.51. The molecular weight excluding hydrogens is 338 g/mol. The normalized spacial score (nSPS) is 21.9. The lowest BCUT2D eigenvalue weighted by Crippen LogP contribution is -2.48. The van der Waals surface area contributed by atoms with Crippen LogP contribution in [-0.2, 0) is 6.54 Å². The highest BCUT2D eigenvalue weighted by atomic mass is 16.2. The van der Waals surface area contributed by atoms with Gasteiger partial charge in [-0.2, -0.15) is 0 Å². The summed E-state index contributed by atoms with van der Waals surface area (Å²) in [5.74, 6) is -0.0239. The molecule has 2 aliphatic rings. The summed E-state index contributed by atoms with van der Waals surface area (Å²) in [6, 6.07) is 20.0. The van der Waals surface area contributed by atoms with Crippen LogP contribution in [-0.4, -0.2) is 45.9 Å². The fourth-order valence-corrected chi connectivity index (χ4v) is 4.55. The molecule has 1 N–H and O–H groups in total. The number of hydrogen-bond donors (Lipinski definition) is 1. The van der Waals surface area contributed by atoms with Gasteiger partial charge in [0.25, 0.3) is 5.91 Å². The number of pyridine rings is 1. The van der Waals surface area contributed by atoms with Crippen LogP contribution in [0, 0.1) is 0 Å². The molecule has 2 fully saturated rings. The molecule has 3 heterocycles. The van der Waals surface area contributed by atoms with E-state index < -0.39 is 0 Å². The van der Waals surface area contributed by atoms with Crippen molar-refractivity contribution in [3.63, 3.8) is 0 Å². The van der Waals surface area contributed by atoms with Gasteiger partial charge >= 0.3 is 0 Å². The van der Waals surface area contributed by atoms with Gasteiger partial charge in [0, 0.05) is 48.7 Å². The van der Waals surface area contributed by atoms with E-state index in [2.05, 4.69) is 34.1 Å². The van der Waals surface area contributed by atoms with Crippen LogP contribution < -0.4 is 5.56 Å². The third-order valence-electron chi connectivity index (χ3n) is 5.82. The van der Waals surface area contributed by atoms with Crippen molar-refractivity contribution in [3.05, 3.63) is 82.1 Å². The van der Waals surface area contributed by atoms with E-state index >= 15 is 0 Å². The van der Waals surface area contributed by atoms with Crippen molar-refractivity contribution in [2.45, 2.75) is 25.0 Å². The number of likely N-dealkylation sites (tertiary alicyclic amines) is 2. The van der Waals surface area contributed by atoms with E-state index in [1.165, 1.54) is 11.6 Å². The standard InChI is InChI=1S/C22H21N3O2/c26-21-11-19(18-8-4-5-9-20(18)23-21)22(27)25-14-16-10-17(25)13-24(16)12-15-6-2-1-3-7-15/h1-9,11,16-17H,10,12-14H2,(H,23,26)/t16-,17-/m0/s1. The van der Waals surface area contributed by atoms with Crippen LogP contribution >= 0.6 is 0 Å². The Morgan fingerprint density at radius 3 is 2.56 bits per heavy atom. The molecule has 5 nitrogen and oxygen atoms in total. The van der Waals surface area contributed by atoms with E-state index in [1.54, 1.807) is 0 Å². The lowest BCUT2D eigenvalue weighted by atomic mass is 10.1. The molecular formula is C22H21N3O2. The number of benzene rings is 2. The molecule has 3 aromatic rings. The van der Waals surface area contributed by atoms with Crippen molar-refractivity contribution in [2.24, 2.45) is 0 Å². The molecule has 0 aliphatic carbocycles. The Morgan fingerprint density at radius 1 is 1.00 bits per heavy atom. The average Bonchev–Trinajstić information content (AvgIpc) is 3.28. The van der Waals surface area contributed by atoms with Crippen LogP contribution in [0.25, 0.3) is 10.9 Å². The van der Waals surface area contributed by atoms with Gasteiger partial charge in [-0.1, -0.05) is 48.5 Å². The minimum absolute atomic E-state index is 0.0239. The van der Waals surface area contributed by atoms with E-state index in [9.17, 15) is 9.59 Å². The number of fused-ring (bicyclic) bond motifs is 3. The molecule has 5 heteroatoms. The van der Waals surface area contributed by atoms with Crippen LogP contribution in [0.2, 0.25) is 0 Å². The SMILES string of the molecule is O=C(c1cc(=O)[nH]c2ccccc12)N1C[C@@H]2C[C@H]1CN2Cc1ccccc1. The monoisotopic (exact) mass is 359 g/mol. The van der Waals surface area contributed by atoms with Crippen LogP contribution in [0.5, 0.6) is 0 Å². The average molecular weight is 359 g/mol. The van der Waals surface area contributed by atoms with Gasteiger partial charge in [0.15, 0.2) is 0 Å². The molecule has 2 aromatic carbocycles. The quantitative estimate of drug-likeness (QED) is 0.782. The van der Waals surface area contributed by atoms with E-state index in [-0.39, 0.29) is 17.5 Å². The number of carbonyl (C=O) groups excluding carboxylic acids is 1. The van der Waals surface area contributed by atoms with E-state index in [4.69, 9.17) is 0 Å². The number of nitrogens with one attached hydrogen (secondary N) is 1. The number of H-pyrrole nitrogens is 1. The number of rotatable bonds is 3. The first-order valence-corrected chi connectivity index (χ1v) is 9.40. The summed E-state index contributed by atoms with van der Waals surface area (Å²) in [6.45, 7) is 2.56. The second-order valence-corrected chi connectivity index (χ2v) is 7.51. The third kappa shape index (κ3) is 2.84. The Balaban J connectivity index is 1.38. The molecule has 2 saturated heterocycles. The first kappa shape index (κ1) is 16.3. The Kier molecular flexibility index (Phi) is 3.83. The van der Waals surface area contributed by atoms with Gasteiger partial charge < -0.3 is 9.88 Å². The number of nitrogens with zero attached hydrogens (tertiary/aromatic N) is 2. The van der Waals surface area contributed by atoms with Crippen molar-refractivity contribution < 1.29 is 4.79 Å². The zero-order valence-electron chi connectivity index (χ0n) is 15.0. The van der Waals surface area contributed by atoms with Crippen molar-refractivity contribution >= 4 is 16.8 Å². The topological polar surface area (TPSA) is 56.4 Å². The van der Waals surface area contributed by atoms with Crippen LogP contribution in [0.15, 0.2) is 65.5 Å². The van der Waals surface area contributed by atoms with Gasteiger partial charge in [-0.05, 0) is 18.1 Å². The van der Waals surface area contributed by atoms with Gasteiger partial charge in [0.2, 0.25) is 5.56 Å². The maximum Gasteiger partial charge on any atom is 0.255 e. The predicted molar refractivity (Wildman–Crippen MR) is 105 cm³/mol. The third-order valence-corrected chi connectivity index (χ3v) is 5.82. The maximum absolute atomic E-state index is 13.2. The fourth-order valence-electron chi connectivity index (χ4n) is 4.55. The van der Waals surface area contributed by atoms with Gasteiger partial charge in [-0.25, -0.2) is 0 Å². The number of aromatic nitrogens is 1. The molecule has 2 bridgehead atoms. The second kappa shape index (κ2) is 6.35. The largest absolute Gasteiger partial charge is 0.333 e. The number of piperazine rings is 1. The Morgan fingerprint density at radius 2 is 1.78 bits per heavy atom. The first-order chi connectivity index (χ1) is 13.2. The van der Waals surface area contributed by atoms with Crippen molar-refractivity contribution in [1.82, 2.24) is 14.8 Å².